The van der Waals surface area contributed by atoms with Crippen molar-refractivity contribution in [2.45, 2.75) is 19.8 Å². The van der Waals surface area contributed by atoms with Crippen molar-refractivity contribution in [1.82, 2.24) is 0 Å². The van der Waals surface area contributed by atoms with E-state index in [4.69, 9.17) is 11.5 Å². The number of primary amides is 2. The molecule has 1 saturated carbocycles. The smallest absolute Gasteiger partial charge is 0.228 e. The molecule has 0 bridgehead atoms. The van der Waals surface area contributed by atoms with Crippen molar-refractivity contribution in [2.75, 3.05) is 0 Å². The Morgan fingerprint density at radius 1 is 1.29 bits per heavy atom. The minimum Gasteiger partial charge on any atom is -0.369 e. The summed E-state index contributed by atoms with van der Waals surface area (Å²) < 4.78 is 0. The lowest BCUT2D eigenvalue weighted by atomic mass is 9.73. The normalized spacial score (nSPS) is 32.6. The molecule has 0 spiro atoms. The third-order valence-corrected chi connectivity index (χ3v) is 2.80. The molecule has 3 unspecified atom stereocenters. The number of rotatable bonds is 2. The molecule has 4 N–H and O–H groups in total. The van der Waals surface area contributed by atoms with E-state index in [0.29, 0.717) is 0 Å². The predicted molar refractivity (Wildman–Crippen MR) is 48.8 cm³/mol. The van der Waals surface area contributed by atoms with Crippen LogP contribution in [0, 0.1) is 17.8 Å². The van der Waals surface area contributed by atoms with Crippen molar-refractivity contribution >= 4 is 17.6 Å². The van der Waals surface area contributed by atoms with E-state index in [1.807, 2.05) is 0 Å². The predicted octanol–water partition coefficient (Wildman–Crippen LogP) is -0.812. The van der Waals surface area contributed by atoms with E-state index in [1.54, 1.807) is 6.92 Å². The maximum absolute atomic E-state index is 11.4. The fraction of sp³-hybridized carbons (Fsp3) is 0.667. The van der Waals surface area contributed by atoms with Gasteiger partial charge in [-0.25, -0.2) is 0 Å². The molecule has 0 radical (unpaired) electrons. The monoisotopic (exact) mass is 198 g/mol. The molecule has 0 aliphatic heterocycles. The number of amides is 2. The fourth-order valence-electron chi connectivity index (χ4n) is 1.89. The first-order valence-corrected chi connectivity index (χ1v) is 4.54. The maximum Gasteiger partial charge on any atom is 0.228 e. The summed E-state index contributed by atoms with van der Waals surface area (Å²) in [5, 5.41) is 0. The van der Waals surface area contributed by atoms with Crippen LogP contribution < -0.4 is 11.5 Å². The molecule has 78 valence electrons. The third kappa shape index (κ3) is 1.92. The Morgan fingerprint density at radius 3 is 2.29 bits per heavy atom. The van der Waals surface area contributed by atoms with Gasteiger partial charge >= 0.3 is 0 Å². The van der Waals surface area contributed by atoms with Crippen molar-refractivity contribution in [2.24, 2.45) is 29.2 Å². The van der Waals surface area contributed by atoms with Crippen LogP contribution in [0.5, 0.6) is 0 Å². The molecule has 0 aromatic carbocycles. The zero-order valence-electron chi connectivity index (χ0n) is 8.03. The minimum atomic E-state index is -0.830. The number of nitrogens with two attached hydrogens (primary N) is 2. The second-order valence-corrected chi connectivity index (χ2v) is 3.85. The highest BCUT2D eigenvalue weighted by molar-refractivity contribution is 6.02. The summed E-state index contributed by atoms with van der Waals surface area (Å²) in [4.78, 5) is 33.2. The Labute approximate surface area is 81.8 Å². The van der Waals surface area contributed by atoms with Crippen LogP contribution in [0.3, 0.4) is 0 Å². The van der Waals surface area contributed by atoms with Crippen LogP contribution in [0.2, 0.25) is 0 Å². The third-order valence-electron chi connectivity index (χ3n) is 2.80. The van der Waals surface area contributed by atoms with Crippen molar-refractivity contribution in [3.63, 3.8) is 0 Å². The number of carbonyl (C=O) groups excluding carboxylic acids is 3. The van der Waals surface area contributed by atoms with Gasteiger partial charge in [0.1, 0.15) is 5.78 Å². The molecule has 1 aliphatic carbocycles. The summed E-state index contributed by atoms with van der Waals surface area (Å²) in [5.74, 6) is -2.63. The van der Waals surface area contributed by atoms with Crippen molar-refractivity contribution in [3.8, 4) is 0 Å². The van der Waals surface area contributed by atoms with Gasteiger partial charge in [0, 0.05) is 12.3 Å². The lowest BCUT2D eigenvalue weighted by molar-refractivity contribution is -0.138. The minimum absolute atomic E-state index is 0.0874. The van der Waals surface area contributed by atoms with E-state index in [1.165, 1.54) is 0 Å². The summed E-state index contributed by atoms with van der Waals surface area (Å²) in [6, 6.07) is 0. The Bertz CT molecular complexity index is 288. The van der Waals surface area contributed by atoms with Gasteiger partial charge in [0.05, 0.1) is 5.92 Å². The van der Waals surface area contributed by atoms with Crippen LogP contribution in [0.4, 0.5) is 0 Å². The SMILES string of the molecule is CC1CC(=O)C(C(N)=O)CC1C(N)=O. The molecule has 2 amide bonds. The summed E-state index contributed by atoms with van der Waals surface area (Å²) in [6.07, 6.45) is 0.381. The number of carbonyl (C=O) groups is 3. The average Bonchev–Trinajstić information content (AvgIpc) is 2.02. The maximum atomic E-state index is 11.4. The first-order valence-electron chi connectivity index (χ1n) is 4.54. The van der Waals surface area contributed by atoms with E-state index < -0.39 is 23.7 Å². The molecular formula is C9H14N2O3. The highest BCUT2D eigenvalue weighted by atomic mass is 16.2. The zero-order chi connectivity index (χ0) is 10.9. The largest absolute Gasteiger partial charge is 0.369 e. The van der Waals surface area contributed by atoms with Crippen molar-refractivity contribution in [1.29, 1.82) is 0 Å². The number of hydrogen-bond acceptors (Lipinski definition) is 3. The van der Waals surface area contributed by atoms with Gasteiger partial charge in [-0.05, 0) is 12.3 Å². The van der Waals surface area contributed by atoms with Crippen LogP contribution in [0.1, 0.15) is 19.8 Å². The molecule has 1 fully saturated rings. The van der Waals surface area contributed by atoms with E-state index in [-0.39, 0.29) is 24.5 Å². The lowest BCUT2D eigenvalue weighted by Crippen LogP contribution is -2.43. The molecule has 1 aliphatic rings. The van der Waals surface area contributed by atoms with E-state index in [0.717, 1.165) is 0 Å². The molecule has 0 heterocycles. The highest BCUT2D eigenvalue weighted by Gasteiger charge is 2.39. The Morgan fingerprint density at radius 2 is 1.86 bits per heavy atom. The summed E-state index contributed by atoms with van der Waals surface area (Å²) in [5.41, 5.74) is 10.2. The zero-order valence-corrected chi connectivity index (χ0v) is 8.03. The quantitative estimate of drug-likeness (QED) is 0.567. The van der Waals surface area contributed by atoms with E-state index >= 15 is 0 Å². The van der Waals surface area contributed by atoms with Crippen LogP contribution in [0.15, 0.2) is 0 Å². The fourth-order valence-corrected chi connectivity index (χ4v) is 1.89. The molecule has 0 saturated heterocycles. The van der Waals surface area contributed by atoms with Gasteiger partial charge in [-0.15, -0.1) is 0 Å². The molecule has 5 nitrogen and oxygen atoms in total. The topological polar surface area (TPSA) is 103 Å². The molecule has 0 aromatic rings. The number of hydrogen-bond donors (Lipinski definition) is 2. The summed E-state index contributed by atoms with van der Waals surface area (Å²) in [6.45, 7) is 1.78. The van der Waals surface area contributed by atoms with Crippen molar-refractivity contribution < 1.29 is 14.4 Å². The molecular weight excluding hydrogens is 184 g/mol. The Hall–Kier alpha value is -1.39. The van der Waals surface area contributed by atoms with Gasteiger partial charge in [-0.3, -0.25) is 14.4 Å². The molecule has 14 heavy (non-hydrogen) atoms. The first kappa shape index (κ1) is 10.7. The van der Waals surface area contributed by atoms with Crippen LogP contribution in [-0.2, 0) is 14.4 Å². The average molecular weight is 198 g/mol. The van der Waals surface area contributed by atoms with Gasteiger partial charge in [0.15, 0.2) is 0 Å². The van der Waals surface area contributed by atoms with Crippen LogP contribution in [-0.4, -0.2) is 17.6 Å². The molecule has 5 heteroatoms. The summed E-state index contributed by atoms with van der Waals surface area (Å²) in [7, 11) is 0. The van der Waals surface area contributed by atoms with Gasteiger partial charge in [-0.2, -0.15) is 0 Å². The number of Topliss-reactive ketones (excluding diaryl/α,β-unsaturated/α-hetero) is 1. The van der Waals surface area contributed by atoms with E-state index in [2.05, 4.69) is 0 Å². The molecule has 0 aromatic heterocycles. The number of ketones is 1. The Kier molecular flexibility index (Phi) is 2.88. The van der Waals surface area contributed by atoms with Crippen molar-refractivity contribution in [3.05, 3.63) is 0 Å². The standard InChI is InChI=1S/C9H14N2O3/c1-4-2-7(12)6(9(11)14)3-5(4)8(10)13/h4-6H,2-3H2,1H3,(H2,10,13)(H2,11,14). The van der Waals surface area contributed by atoms with Gasteiger partial charge in [-0.1, -0.05) is 6.92 Å². The second-order valence-electron chi connectivity index (χ2n) is 3.85. The molecule has 1 rings (SSSR count). The summed E-state index contributed by atoms with van der Waals surface area (Å²) >= 11 is 0. The highest BCUT2D eigenvalue weighted by Crippen LogP contribution is 2.30. The van der Waals surface area contributed by atoms with Gasteiger partial charge in [0.2, 0.25) is 11.8 Å². The van der Waals surface area contributed by atoms with Gasteiger partial charge < -0.3 is 11.5 Å². The van der Waals surface area contributed by atoms with Crippen LogP contribution >= 0.6 is 0 Å². The lowest BCUT2D eigenvalue weighted by Gasteiger charge is -2.29. The second kappa shape index (κ2) is 3.77. The molecule has 3 atom stereocenters. The van der Waals surface area contributed by atoms with Crippen LogP contribution in [0.25, 0.3) is 0 Å². The van der Waals surface area contributed by atoms with E-state index in [9.17, 15) is 14.4 Å². The van der Waals surface area contributed by atoms with Gasteiger partial charge in [0.25, 0.3) is 0 Å². The first-order chi connectivity index (χ1) is 6.43. The Balaban J connectivity index is 2.80.